The Labute approximate surface area is 122 Å². The number of nitrogens with zero attached hydrogens (tertiary/aromatic N) is 1. The standard InChI is InChI=1S/C12H17BrN2O2.ClH/c1-8(10-6-5-9(13)7-14-10)15-11(16)17-12(2,3)4;/h5-8H,1-4H3,(H,15,16);1H. The van der Waals surface area contributed by atoms with Gasteiger partial charge < -0.3 is 10.1 Å². The van der Waals surface area contributed by atoms with Gasteiger partial charge >= 0.3 is 6.09 Å². The van der Waals surface area contributed by atoms with Crippen molar-refractivity contribution in [2.24, 2.45) is 0 Å². The predicted octanol–water partition coefficient (Wildman–Crippen LogP) is 3.85. The first kappa shape index (κ1) is 17.2. The van der Waals surface area contributed by atoms with E-state index in [1.807, 2.05) is 39.8 Å². The molecule has 1 heterocycles. The van der Waals surface area contributed by atoms with Gasteiger partial charge in [-0.2, -0.15) is 0 Å². The maximum atomic E-state index is 11.5. The molecule has 0 fully saturated rings. The SMILES string of the molecule is CC(NC(=O)OC(C)(C)C)c1ccc(Br)cn1.Cl. The Hall–Kier alpha value is -0.810. The molecule has 0 saturated carbocycles. The van der Waals surface area contributed by atoms with Crippen LogP contribution in [0.1, 0.15) is 39.4 Å². The van der Waals surface area contributed by atoms with Crippen molar-refractivity contribution < 1.29 is 9.53 Å². The van der Waals surface area contributed by atoms with Gasteiger partial charge in [-0.3, -0.25) is 4.98 Å². The first-order chi connectivity index (χ1) is 7.78. The first-order valence-corrected chi connectivity index (χ1v) is 6.18. The molecule has 1 unspecified atom stereocenters. The van der Waals surface area contributed by atoms with E-state index in [0.29, 0.717) is 0 Å². The largest absolute Gasteiger partial charge is 0.444 e. The van der Waals surface area contributed by atoms with Crippen LogP contribution in [0, 0.1) is 0 Å². The summed E-state index contributed by atoms with van der Waals surface area (Å²) in [5.41, 5.74) is 0.302. The second-order valence-corrected chi connectivity index (χ2v) is 5.68. The molecule has 0 aliphatic carbocycles. The number of rotatable bonds is 2. The molecule has 102 valence electrons. The van der Waals surface area contributed by atoms with Crippen molar-refractivity contribution >= 4 is 34.4 Å². The fourth-order valence-electron chi connectivity index (χ4n) is 1.20. The summed E-state index contributed by atoms with van der Waals surface area (Å²) in [5, 5.41) is 2.73. The van der Waals surface area contributed by atoms with E-state index < -0.39 is 11.7 Å². The van der Waals surface area contributed by atoms with Crippen LogP contribution in [0.5, 0.6) is 0 Å². The number of carbonyl (C=O) groups is 1. The predicted molar refractivity (Wildman–Crippen MR) is 77.0 cm³/mol. The van der Waals surface area contributed by atoms with Crippen LogP contribution >= 0.6 is 28.3 Å². The molecule has 1 atom stereocenters. The van der Waals surface area contributed by atoms with E-state index in [-0.39, 0.29) is 18.4 Å². The van der Waals surface area contributed by atoms with E-state index in [1.54, 1.807) is 6.20 Å². The normalized spacial score (nSPS) is 12.3. The fraction of sp³-hybridized carbons (Fsp3) is 0.500. The third-order valence-corrected chi connectivity index (χ3v) is 2.40. The summed E-state index contributed by atoms with van der Waals surface area (Å²) in [6, 6.07) is 3.56. The molecule has 0 saturated heterocycles. The second-order valence-electron chi connectivity index (χ2n) is 4.77. The lowest BCUT2D eigenvalue weighted by molar-refractivity contribution is 0.0507. The maximum Gasteiger partial charge on any atom is 0.408 e. The number of pyridine rings is 1. The number of hydrogen-bond acceptors (Lipinski definition) is 3. The minimum absolute atomic E-state index is 0. The fourth-order valence-corrected chi connectivity index (χ4v) is 1.44. The lowest BCUT2D eigenvalue weighted by atomic mass is 10.2. The summed E-state index contributed by atoms with van der Waals surface area (Å²) in [5.74, 6) is 0. The van der Waals surface area contributed by atoms with Gasteiger partial charge in [-0.1, -0.05) is 0 Å². The highest BCUT2D eigenvalue weighted by Crippen LogP contribution is 2.14. The monoisotopic (exact) mass is 336 g/mol. The second kappa shape index (κ2) is 6.95. The van der Waals surface area contributed by atoms with Crippen LogP contribution in [0.4, 0.5) is 4.79 Å². The zero-order valence-corrected chi connectivity index (χ0v) is 13.3. The van der Waals surface area contributed by atoms with Gasteiger partial charge in [0.15, 0.2) is 0 Å². The summed E-state index contributed by atoms with van der Waals surface area (Å²) >= 11 is 3.31. The van der Waals surface area contributed by atoms with Crippen LogP contribution < -0.4 is 5.32 Å². The Kier molecular flexibility index (Phi) is 6.63. The highest BCUT2D eigenvalue weighted by molar-refractivity contribution is 9.10. The van der Waals surface area contributed by atoms with Crippen molar-refractivity contribution in [1.29, 1.82) is 0 Å². The van der Waals surface area contributed by atoms with Gasteiger partial charge in [0, 0.05) is 10.7 Å². The highest BCUT2D eigenvalue weighted by Gasteiger charge is 2.18. The van der Waals surface area contributed by atoms with Crippen molar-refractivity contribution in [3.05, 3.63) is 28.5 Å². The smallest absolute Gasteiger partial charge is 0.408 e. The zero-order chi connectivity index (χ0) is 13.1. The Morgan fingerprint density at radius 3 is 2.50 bits per heavy atom. The topological polar surface area (TPSA) is 51.2 Å². The summed E-state index contributed by atoms with van der Waals surface area (Å²) in [4.78, 5) is 15.7. The van der Waals surface area contributed by atoms with Crippen LogP contribution in [0.2, 0.25) is 0 Å². The number of alkyl carbamates (subject to hydrolysis) is 1. The molecule has 0 radical (unpaired) electrons. The van der Waals surface area contributed by atoms with Crippen LogP contribution in [0.25, 0.3) is 0 Å². The Morgan fingerprint density at radius 1 is 1.44 bits per heavy atom. The summed E-state index contributed by atoms with van der Waals surface area (Å²) < 4.78 is 6.07. The quantitative estimate of drug-likeness (QED) is 0.891. The third-order valence-electron chi connectivity index (χ3n) is 1.93. The zero-order valence-electron chi connectivity index (χ0n) is 10.9. The Bertz CT molecular complexity index is 390. The molecule has 0 aliphatic rings. The minimum atomic E-state index is -0.489. The molecule has 1 aromatic rings. The highest BCUT2D eigenvalue weighted by atomic mass is 79.9. The van der Waals surface area contributed by atoms with Crippen LogP contribution in [0.15, 0.2) is 22.8 Å². The molecule has 4 nitrogen and oxygen atoms in total. The average Bonchev–Trinajstić information content (AvgIpc) is 2.15. The molecule has 6 heteroatoms. The molecule has 0 bridgehead atoms. The van der Waals surface area contributed by atoms with E-state index in [2.05, 4.69) is 26.2 Å². The van der Waals surface area contributed by atoms with Crippen LogP contribution in [-0.4, -0.2) is 16.7 Å². The van der Waals surface area contributed by atoms with E-state index in [1.165, 1.54) is 0 Å². The van der Waals surface area contributed by atoms with Gasteiger partial charge in [0.1, 0.15) is 5.60 Å². The number of nitrogens with one attached hydrogen (secondary N) is 1. The van der Waals surface area contributed by atoms with Gasteiger partial charge in [0.2, 0.25) is 0 Å². The number of amides is 1. The van der Waals surface area contributed by atoms with Crippen LogP contribution in [-0.2, 0) is 4.74 Å². The average molecular weight is 338 g/mol. The van der Waals surface area contributed by atoms with E-state index in [0.717, 1.165) is 10.2 Å². The molecule has 0 aliphatic heterocycles. The van der Waals surface area contributed by atoms with Gasteiger partial charge in [0.25, 0.3) is 0 Å². The maximum absolute atomic E-state index is 11.5. The summed E-state index contributed by atoms with van der Waals surface area (Å²) in [7, 11) is 0. The first-order valence-electron chi connectivity index (χ1n) is 5.39. The molecule has 1 aromatic heterocycles. The molecular formula is C12H18BrClN2O2. The lowest BCUT2D eigenvalue weighted by Crippen LogP contribution is -2.34. The van der Waals surface area contributed by atoms with E-state index >= 15 is 0 Å². The summed E-state index contributed by atoms with van der Waals surface area (Å²) in [6.07, 6.45) is 1.26. The van der Waals surface area contributed by atoms with Crippen molar-refractivity contribution in [3.63, 3.8) is 0 Å². The Morgan fingerprint density at radius 2 is 2.06 bits per heavy atom. The number of aromatic nitrogens is 1. The molecule has 0 spiro atoms. The molecule has 0 aromatic carbocycles. The molecule has 1 amide bonds. The van der Waals surface area contributed by atoms with Crippen LogP contribution in [0.3, 0.4) is 0 Å². The van der Waals surface area contributed by atoms with Crippen molar-refractivity contribution in [2.75, 3.05) is 0 Å². The van der Waals surface area contributed by atoms with Crippen molar-refractivity contribution in [1.82, 2.24) is 10.3 Å². The number of ether oxygens (including phenoxy) is 1. The third kappa shape index (κ3) is 6.21. The van der Waals surface area contributed by atoms with Gasteiger partial charge in [-0.15, -0.1) is 12.4 Å². The van der Waals surface area contributed by atoms with Gasteiger partial charge in [0.05, 0.1) is 11.7 Å². The lowest BCUT2D eigenvalue weighted by Gasteiger charge is -2.21. The van der Waals surface area contributed by atoms with Gasteiger partial charge in [-0.05, 0) is 55.8 Å². The van der Waals surface area contributed by atoms with Crippen molar-refractivity contribution in [3.8, 4) is 0 Å². The Balaban J connectivity index is 0.00000289. The van der Waals surface area contributed by atoms with E-state index in [4.69, 9.17) is 4.74 Å². The van der Waals surface area contributed by atoms with E-state index in [9.17, 15) is 4.79 Å². The molecular weight excluding hydrogens is 320 g/mol. The molecule has 1 N–H and O–H groups in total. The van der Waals surface area contributed by atoms with Gasteiger partial charge in [-0.25, -0.2) is 4.79 Å². The number of halogens is 2. The molecule has 18 heavy (non-hydrogen) atoms. The summed E-state index contributed by atoms with van der Waals surface area (Å²) in [6.45, 7) is 7.35. The van der Waals surface area contributed by atoms with Crippen molar-refractivity contribution in [2.45, 2.75) is 39.3 Å². The number of hydrogen-bond donors (Lipinski definition) is 1. The minimum Gasteiger partial charge on any atom is -0.444 e. The molecule has 1 rings (SSSR count). The number of carbonyl (C=O) groups excluding carboxylic acids is 1.